The zero-order valence-corrected chi connectivity index (χ0v) is 57.4. The third-order valence-electron chi connectivity index (χ3n) is 19.1. The fourth-order valence-corrected chi connectivity index (χ4v) is 13.5. The molecule has 4 rings (SSSR count). The van der Waals surface area contributed by atoms with Crippen molar-refractivity contribution in [3.63, 3.8) is 0 Å². The van der Waals surface area contributed by atoms with Crippen LogP contribution < -0.4 is 27.4 Å². The molecule has 2 fully saturated rings. The Morgan fingerprint density at radius 2 is 1.35 bits per heavy atom. The molecular formula is C70H112N8O14. The Bertz CT molecular complexity index is 2690. The summed E-state index contributed by atoms with van der Waals surface area (Å²) in [6, 6.07) is 13.9. The van der Waals surface area contributed by atoms with Crippen LogP contribution in [-0.2, 0) is 71.8 Å². The molecule has 2 heterocycles. The number of aliphatic hydroxyl groups excluding tert-OH is 2. The maximum absolute atomic E-state index is 14.6. The van der Waals surface area contributed by atoms with Crippen LogP contribution in [-0.4, -0.2) is 200 Å². The van der Waals surface area contributed by atoms with Crippen molar-refractivity contribution in [3.8, 4) is 0 Å². The highest BCUT2D eigenvalue weighted by atomic mass is 16.5. The number of urea groups is 1. The van der Waals surface area contributed by atoms with Gasteiger partial charge in [-0.05, 0) is 93.0 Å². The van der Waals surface area contributed by atoms with Crippen molar-refractivity contribution < 1.29 is 67.6 Å². The zero-order chi connectivity index (χ0) is 68.7. The number of aliphatic hydroxyl groups is 2. The standard InChI is InChI=1S/C70H112N8O14/c1-15-44(8)63(77(12)69(88)52(42(4)5)38-57(82)62(43(6)7)76(10)11)58(90-13)39-61(83)78-32-20-24-54(78)66(91-14)45(9)55(80)35-49(33-47-21-17-16-18-22-47)67(86)73-31-29-46-25-27-48(28-26-46)34-56(81)53(23-19-30-74-70(72)89)75-68(87)51(41(2)3)36-50(79)37-59-64(84)65(85)60(40-71)92-59/h16-18,21-22,25-28,41-45,49,51-54,58-60,62-66,84-85H,15,19-20,23-24,29-40,71H2,1-14H3,(H,73,86)(H,75,87)(H3,72,74,89)/t44-,45?,49+,51+,52-,53+,54?,58?,59-,60+,62?,63?,64?,65?,66?/m0/s1. The second kappa shape index (κ2) is 38.4. The molecule has 22 nitrogen and oxygen atoms in total. The number of nitrogens with zero attached hydrogens (tertiary/aromatic N) is 3. The van der Waals surface area contributed by atoms with Gasteiger partial charge in [-0.3, -0.25) is 43.3 Å². The lowest BCUT2D eigenvalue weighted by molar-refractivity contribution is -0.149. The average molecular weight is 1290 g/mol. The third kappa shape index (κ3) is 22.9. The molecular weight excluding hydrogens is 1180 g/mol. The van der Waals surface area contributed by atoms with Gasteiger partial charge in [0, 0.05) is 103 Å². The number of ketones is 4. The molecule has 0 bridgehead atoms. The SMILES string of the molecule is CC[C@H](C)C(C(CC(=O)N1CCCC1C(OC)C(C)C(=O)C[C@@H](Cc1ccccc1)C(=O)NCCc1ccc(CC(=O)[C@@H](CCCNC(N)=O)NC(=O)[C@H](CC(=O)C[C@@H]2O[C@H](CN)C(O)C2O)C(C)C)cc1)OC)N(C)C(=O)[C@@H](CC(=O)C(C(C)C)N(C)C)C(C)C. The van der Waals surface area contributed by atoms with E-state index in [-0.39, 0.29) is 135 Å². The minimum atomic E-state index is -1.31. The molecule has 2 aromatic carbocycles. The van der Waals surface area contributed by atoms with Gasteiger partial charge in [-0.1, -0.05) is 123 Å². The first-order valence-electron chi connectivity index (χ1n) is 33.3. The van der Waals surface area contributed by atoms with Crippen molar-refractivity contribution in [1.29, 1.82) is 0 Å². The summed E-state index contributed by atoms with van der Waals surface area (Å²) in [5.74, 6) is -5.19. The molecule has 2 saturated heterocycles. The molecule has 516 valence electrons. The van der Waals surface area contributed by atoms with Gasteiger partial charge < -0.3 is 61.6 Å². The first-order chi connectivity index (χ1) is 43.5. The van der Waals surface area contributed by atoms with Gasteiger partial charge >= 0.3 is 6.03 Å². The van der Waals surface area contributed by atoms with Crippen molar-refractivity contribution in [2.24, 2.45) is 58.8 Å². The molecule has 92 heavy (non-hydrogen) atoms. The number of likely N-dealkylation sites (tertiary alicyclic amines) is 1. The number of rotatable bonds is 41. The summed E-state index contributed by atoms with van der Waals surface area (Å²) in [6.07, 6.45) is -2.94. The number of Topliss-reactive ketones (excluding diaryl/α,β-unsaturated/α-hetero) is 4. The number of benzene rings is 2. The third-order valence-corrected chi connectivity index (χ3v) is 19.1. The van der Waals surface area contributed by atoms with Crippen molar-refractivity contribution in [1.82, 2.24) is 30.7 Å². The Kier molecular flexibility index (Phi) is 32.7. The molecule has 2 aromatic rings. The summed E-state index contributed by atoms with van der Waals surface area (Å²) in [6.45, 7) is 18.2. The summed E-state index contributed by atoms with van der Waals surface area (Å²) >= 11 is 0. The van der Waals surface area contributed by atoms with Crippen LogP contribution in [0, 0.1) is 47.3 Å². The number of carbonyl (C=O) groups excluding carboxylic acids is 9. The normalized spacial score (nSPS) is 20.8. The summed E-state index contributed by atoms with van der Waals surface area (Å²) in [5, 5.41) is 29.1. The highest BCUT2D eigenvalue weighted by Crippen LogP contribution is 2.33. The monoisotopic (exact) mass is 1290 g/mol. The van der Waals surface area contributed by atoms with Crippen molar-refractivity contribution in [2.75, 3.05) is 61.5 Å². The van der Waals surface area contributed by atoms with Crippen molar-refractivity contribution in [2.45, 2.75) is 207 Å². The predicted octanol–water partition coefficient (Wildman–Crippen LogP) is 5.02. The number of primary amides is 1. The van der Waals surface area contributed by atoms with Gasteiger partial charge in [0.1, 0.15) is 23.8 Å². The molecule has 9 N–H and O–H groups in total. The lowest BCUT2D eigenvalue weighted by atomic mass is 9.83. The molecule has 15 atom stereocenters. The highest BCUT2D eigenvalue weighted by molar-refractivity contribution is 5.93. The van der Waals surface area contributed by atoms with Gasteiger partial charge in [0.05, 0.1) is 55.0 Å². The van der Waals surface area contributed by atoms with E-state index in [9.17, 15) is 53.4 Å². The largest absolute Gasteiger partial charge is 0.388 e. The van der Waals surface area contributed by atoms with Gasteiger partial charge in [0.2, 0.25) is 23.6 Å². The smallest absolute Gasteiger partial charge is 0.312 e. The fourth-order valence-electron chi connectivity index (χ4n) is 13.5. The molecule has 22 heteroatoms. The van der Waals surface area contributed by atoms with E-state index in [0.717, 1.165) is 11.1 Å². The molecule has 0 spiro atoms. The maximum atomic E-state index is 14.6. The minimum Gasteiger partial charge on any atom is -0.388 e. The van der Waals surface area contributed by atoms with E-state index in [1.54, 1.807) is 64.0 Å². The van der Waals surface area contributed by atoms with Crippen LogP contribution >= 0.6 is 0 Å². The molecule has 0 radical (unpaired) electrons. The van der Waals surface area contributed by atoms with Crippen LogP contribution in [0.3, 0.4) is 0 Å². The second-order valence-corrected chi connectivity index (χ2v) is 27.0. The number of nitrogens with one attached hydrogen (secondary N) is 3. The zero-order valence-electron chi connectivity index (χ0n) is 57.4. The predicted molar refractivity (Wildman–Crippen MR) is 353 cm³/mol. The van der Waals surface area contributed by atoms with Gasteiger partial charge in [0.15, 0.2) is 11.6 Å². The summed E-state index contributed by atoms with van der Waals surface area (Å²) < 4.78 is 17.9. The van der Waals surface area contributed by atoms with E-state index in [4.69, 9.17) is 25.7 Å². The topological polar surface area (TPSA) is 320 Å². The number of hydrogen-bond acceptors (Lipinski definition) is 16. The number of nitrogens with two attached hydrogens (primary N) is 2. The van der Waals surface area contributed by atoms with E-state index < -0.39 is 90.4 Å². The van der Waals surface area contributed by atoms with Crippen LogP contribution in [0.25, 0.3) is 0 Å². The Labute approximate surface area is 547 Å². The van der Waals surface area contributed by atoms with Crippen LogP contribution in [0.2, 0.25) is 0 Å². The number of amides is 6. The van der Waals surface area contributed by atoms with E-state index in [1.807, 2.05) is 103 Å². The first kappa shape index (κ1) is 78.4. The van der Waals surface area contributed by atoms with Crippen LogP contribution in [0.1, 0.15) is 143 Å². The number of methoxy groups -OCH3 is 2. The van der Waals surface area contributed by atoms with Crippen molar-refractivity contribution in [3.05, 3.63) is 71.3 Å². The second-order valence-electron chi connectivity index (χ2n) is 27.0. The minimum absolute atomic E-state index is 0.0161. The molecule has 0 saturated carbocycles. The molecule has 6 amide bonds. The Morgan fingerprint density at radius 1 is 0.717 bits per heavy atom. The molecule has 2 aliphatic heterocycles. The lowest BCUT2D eigenvalue weighted by Gasteiger charge is -2.41. The Balaban J connectivity index is 1.42. The van der Waals surface area contributed by atoms with E-state index in [1.165, 1.54) is 0 Å². The van der Waals surface area contributed by atoms with Crippen LogP contribution in [0.5, 0.6) is 0 Å². The summed E-state index contributed by atoms with van der Waals surface area (Å²) in [7, 11) is 8.61. The first-order valence-corrected chi connectivity index (χ1v) is 33.3. The molecule has 2 aliphatic rings. The van der Waals surface area contributed by atoms with E-state index >= 15 is 0 Å². The fraction of sp³-hybridized carbons (Fsp3) is 0.700. The van der Waals surface area contributed by atoms with Gasteiger partial charge in [-0.2, -0.15) is 0 Å². The van der Waals surface area contributed by atoms with Crippen LogP contribution in [0.4, 0.5) is 4.79 Å². The van der Waals surface area contributed by atoms with Crippen molar-refractivity contribution >= 4 is 52.8 Å². The Hall–Kier alpha value is -6.01. The maximum Gasteiger partial charge on any atom is 0.312 e. The van der Waals surface area contributed by atoms with E-state index in [0.29, 0.717) is 50.6 Å². The summed E-state index contributed by atoms with van der Waals surface area (Å²) in [5.41, 5.74) is 13.3. The van der Waals surface area contributed by atoms with E-state index in [2.05, 4.69) is 16.0 Å². The molecule has 0 aliphatic carbocycles. The number of likely N-dealkylation sites (N-methyl/N-ethyl adjacent to an activating group) is 2. The number of carbonyl (C=O) groups is 9. The van der Waals surface area contributed by atoms with Crippen LogP contribution in [0.15, 0.2) is 54.6 Å². The Morgan fingerprint density at radius 3 is 1.90 bits per heavy atom. The number of ether oxygens (including phenoxy) is 3. The summed E-state index contributed by atoms with van der Waals surface area (Å²) in [4.78, 5) is 130. The molecule has 8 unspecified atom stereocenters. The number of hydrogen-bond donors (Lipinski definition) is 7. The van der Waals surface area contributed by atoms with Gasteiger partial charge in [-0.25, -0.2) is 4.79 Å². The quantitative estimate of drug-likeness (QED) is 0.0430. The van der Waals surface area contributed by atoms with Gasteiger partial charge in [0.25, 0.3) is 0 Å². The highest BCUT2D eigenvalue weighted by Gasteiger charge is 2.45. The lowest BCUT2D eigenvalue weighted by Crippen LogP contribution is -2.54. The average Bonchev–Trinajstić information content (AvgIpc) is 1.42. The van der Waals surface area contributed by atoms with Gasteiger partial charge in [-0.15, -0.1) is 0 Å². The molecule has 0 aromatic heterocycles.